The first-order valence-electron chi connectivity index (χ1n) is 16.7. The number of para-hydroxylation sites is 3. The topological polar surface area (TPSA) is 57.0 Å². The van der Waals surface area contributed by atoms with Crippen molar-refractivity contribution >= 4 is 71.7 Å². The summed E-state index contributed by atoms with van der Waals surface area (Å²) in [5, 5.41) is 6.68. The van der Waals surface area contributed by atoms with E-state index in [0.717, 1.165) is 102 Å². The lowest BCUT2D eigenvalue weighted by molar-refractivity contribution is 0.541. The third-order valence-corrected chi connectivity index (χ3v) is 10.0. The molecule has 1 aliphatic carbocycles. The molecule has 0 N–H and O–H groups in total. The van der Waals surface area contributed by atoms with Crippen molar-refractivity contribution in [2.75, 3.05) is 0 Å². The van der Waals surface area contributed by atoms with Crippen LogP contribution in [0.1, 0.15) is 17.7 Å². The molecule has 4 heterocycles. The van der Waals surface area contributed by atoms with Gasteiger partial charge in [-0.3, -0.25) is 0 Å². The van der Waals surface area contributed by atoms with Crippen LogP contribution in [-0.4, -0.2) is 14.5 Å². The van der Waals surface area contributed by atoms with E-state index < -0.39 is 0 Å². The summed E-state index contributed by atoms with van der Waals surface area (Å²) in [6.45, 7) is 0. The van der Waals surface area contributed by atoms with Gasteiger partial charge in [-0.15, -0.1) is 0 Å². The van der Waals surface area contributed by atoms with Crippen molar-refractivity contribution in [1.29, 1.82) is 0 Å². The Morgan fingerprint density at radius 1 is 0.571 bits per heavy atom. The molecule has 10 aromatic rings. The Morgan fingerprint density at radius 3 is 2.18 bits per heavy atom. The summed E-state index contributed by atoms with van der Waals surface area (Å²) in [7, 11) is 0. The van der Waals surface area contributed by atoms with Gasteiger partial charge in [0.05, 0.1) is 27.6 Å². The highest BCUT2D eigenvalue weighted by Gasteiger charge is 2.28. The van der Waals surface area contributed by atoms with Crippen LogP contribution in [0.25, 0.3) is 100 Å². The maximum atomic E-state index is 6.67. The molecule has 6 aromatic carbocycles. The Hall–Kier alpha value is -6.46. The molecule has 0 saturated carbocycles. The second-order valence-electron chi connectivity index (χ2n) is 12.8. The van der Waals surface area contributed by atoms with Crippen molar-refractivity contribution in [1.82, 2.24) is 14.5 Å². The zero-order valence-electron chi connectivity index (χ0n) is 26.4. The molecule has 230 valence electrons. The SMILES string of the molecule is C1=Cc2c(oc3c4oc5ccccc5c4c4c(c5ccccc5n4-c4ccc(-c5nc(-c6ccccc6)c6ccccc6n5)cc4)c23)CC1. The molecule has 0 atom stereocenters. The molecular formula is C44H27N3O2. The van der Waals surface area contributed by atoms with Crippen LogP contribution in [0.4, 0.5) is 0 Å². The number of allylic oxidation sites excluding steroid dienone is 1. The Morgan fingerprint density at radius 2 is 1.31 bits per heavy atom. The summed E-state index contributed by atoms with van der Waals surface area (Å²) in [4.78, 5) is 10.1. The minimum atomic E-state index is 0.702. The molecule has 0 bridgehead atoms. The minimum absolute atomic E-state index is 0.702. The van der Waals surface area contributed by atoms with Crippen molar-refractivity contribution in [2.45, 2.75) is 12.8 Å². The van der Waals surface area contributed by atoms with E-state index in [4.69, 9.17) is 18.8 Å². The van der Waals surface area contributed by atoms with E-state index in [-0.39, 0.29) is 0 Å². The average molecular weight is 630 g/mol. The molecule has 0 radical (unpaired) electrons. The molecule has 0 unspecified atom stereocenters. The van der Waals surface area contributed by atoms with Crippen molar-refractivity contribution < 1.29 is 8.83 Å². The highest BCUT2D eigenvalue weighted by atomic mass is 16.4. The van der Waals surface area contributed by atoms with Gasteiger partial charge < -0.3 is 13.4 Å². The Balaban J connectivity index is 1.20. The molecule has 11 rings (SSSR count). The molecule has 0 amide bonds. The van der Waals surface area contributed by atoms with Gasteiger partial charge in [0.25, 0.3) is 0 Å². The Bertz CT molecular complexity index is 2980. The maximum absolute atomic E-state index is 6.67. The van der Waals surface area contributed by atoms with E-state index in [9.17, 15) is 0 Å². The maximum Gasteiger partial charge on any atom is 0.180 e. The Labute approximate surface area is 280 Å². The zero-order chi connectivity index (χ0) is 32.1. The van der Waals surface area contributed by atoms with Gasteiger partial charge in [-0.2, -0.15) is 0 Å². The molecule has 0 spiro atoms. The number of fused-ring (bicyclic) bond motifs is 13. The average Bonchev–Trinajstić information content (AvgIpc) is 3.85. The summed E-state index contributed by atoms with van der Waals surface area (Å²) < 4.78 is 15.7. The predicted molar refractivity (Wildman–Crippen MR) is 199 cm³/mol. The smallest absolute Gasteiger partial charge is 0.180 e. The normalized spacial score (nSPS) is 13.1. The lowest BCUT2D eigenvalue weighted by atomic mass is 9.97. The van der Waals surface area contributed by atoms with Crippen LogP contribution in [0.5, 0.6) is 0 Å². The summed E-state index contributed by atoms with van der Waals surface area (Å²) in [5.41, 5.74) is 10.8. The number of aryl methyl sites for hydroxylation is 1. The third kappa shape index (κ3) is 3.75. The van der Waals surface area contributed by atoms with Crippen LogP contribution >= 0.6 is 0 Å². The highest BCUT2D eigenvalue weighted by Crippen LogP contribution is 2.49. The molecule has 4 aromatic heterocycles. The zero-order valence-corrected chi connectivity index (χ0v) is 26.4. The number of nitrogens with zero attached hydrogens (tertiary/aromatic N) is 3. The van der Waals surface area contributed by atoms with Crippen LogP contribution in [0.15, 0.2) is 142 Å². The second kappa shape index (κ2) is 10.0. The predicted octanol–water partition coefficient (Wildman–Crippen LogP) is 11.7. The van der Waals surface area contributed by atoms with Crippen LogP contribution < -0.4 is 0 Å². The van der Waals surface area contributed by atoms with E-state index in [1.807, 2.05) is 30.3 Å². The number of hydrogen-bond acceptors (Lipinski definition) is 4. The fraction of sp³-hybridized carbons (Fsp3) is 0.0455. The van der Waals surface area contributed by atoms with Crippen LogP contribution in [0.3, 0.4) is 0 Å². The van der Waals surface area contributed by atoms with E-state index in [2.05, 4.69) is 114 Å². The van der Waals surface area contributed by atoms with Gasteiger partial charge in [0.1, 0.15) is 11.3 Å². The van der Waals surface area contributed by atoms with Gasteiger partial charge in [-0.1, -0.05) is 97.1 Å². The number of rotatable bonds is 3. The largest absolute Gasteiger partial charge is 0.456 e. The molecule has 0 saturated heterocycles. The van der Waals surface area contributed by atoms with Gasteiger partial charge in [0.2, 0.25) is 0 Å². The van der Waals surface area contributed by atoms with E-state index in [1.165, 1.54) is 10.8 Å². The lowest BCUT2D eigenvalue weighted by Crippen LogP contribution is -1.97. The van der Waals surface area contributed by atoms with E-state index >= 15 is 0 Å². The van der Waals surface area contributed by atoms with Crippen LogP contribution in [0.2, 0.25) is 0 Å². The van der Waals surface area contributed by atoms with Crippen molar-refractivity contribution in [3.05, 3.63) is 145 Å². The highest BCUT2D eigenvalue weighted by molar-refractivity contribution is 6.35. The summed E-state index contributed by atoms with van der Waals surface area (Å²) >= 11 is 0. The first-order chi connectivity index (χ1) is 24.3. The van der Waals surface area contributed by atoms with Gasteiger partial charge in [-0.05, 0) is 48.9 Å². The summed E-state index contributed by atoms with van der Waals surface area (Å²) in [6, 6.07) is 44.2. The third-order valence-electron chi connectivity index (χ3n) is 10.0. The quantitative estimate of drug-likeness (QED) is 0.195. The van der Waals surface area contributed by atoms with Gasteiger partial charge in [-0.25, -0.2) is 9.97 Å². The second-order valence-corrected chi connectivity index (χ2v) is 12.8. The molecule has 5 heteroatoms. The number of aromatic nitrogens is 3. The first kappa shape index (κ1) is 26.6. The van der Waals surface area contributed by atoms with Crippen molar-refractivity contribution in [3.8, 4) is 28.3 Å². The molecular weight excluding hydrogens is 603 g/mol. The fourth-order valence-electron chi connectivity index (χ4n) is 7.90. The van der Waals surface area contributed by atoms with E-state index in [1.54, 1.807) is 0 Å². The monoisotopic (exact) mass is 629 g/mol. The number of benzene rings is 6. The molecule has 49 heavy (non-hydrogen) atoms. The van der Waals surface area contributed by atoms with Crippen LogP contribution in [-0.2, 0) is 6.42 Å². The number of furan rings is 2. The van der Waals surface area contributed by atoms with Gasteiger partial charge >= 0.3 is 0 Å². The van der Waals surface area contributed by atoms with Gasteiger partial charge in [0, 0.05) is 55.7 Å². The van der Waals surface area contributed by atoms with Crippen molar-refractivity contribution in [2.24, 2.45) is 0 Å². The standard InChI is InChI=1S/C44H27N3O2/c1-2-12-26(13-3-1)40-29-14-4-8-18-33(29)45-44(46-40)27-22-24-28(25-23-27)47-34-19-9-5-15-30(34)37-38-31-16-6-10-20-35(31)48-42(38)43-39(41(37)47)32-17-7-11-21-36(32)49-43/h1-9,11-19,21-25H,10,20H2. The molecule has 1 aliphatic rings. The van der Waals surface area contributed by atoms with Gasteiger partial charge in [0.15, 0.2) is 17.0 Å². The number of hydrogen-bond donors (Lipinski definition) is 0. The van der Waals surface area contributed by atoms with E-state index in [0.29, 0.717) is 5.82 Å². The fourth-order valence-corrected chi connectivity index (χ4v) is 7.90. The first-order valence-corrected chi connectivity index (χ1v) is 16.7. The summed E-state index contributed by atoms with van der Waals surface area (Å²) in [5.74, 6) is 1.73. The van der Waals surface area contributed by atoms with Crippen LogP contribution in [0, 0.1) is 0 Å². The van der Waals surface area contributed by atoms with Crippen molar-refractivity contribution in [3.63, 3.8) is 0 Å². The lowest BCUT2D eigenvalue weighted by Gasteiger charge is -2.12. The minimum Gasteiger partial charge on any atom is -0.456 e. The molecule has 0 aliphatic heterocycles. The molecule has 5 nitrogen and oxygen atoms in total. The summed E-state index contributed by atoms with van der Waals surface area (Å²) in [6.07, 6.45) is 6.34. The molecule has 0 fully saturated rings. The Kier molecular flexibility index (Phi) is 5.44.